The van der Waals surface area contributed by atoms with E-state index >= 15 is 0 Å². The number of carboxylic acids is 1. The van der Waals surface area contributed by atoms with Gasteiger partial charge in [0.25, 0.3) is 0 Å². The highest BCUT2D eigenvalue weighted by molar-refractivity contribution is 7.13. The van der Waals surface area contributed by atoms with Gasteiger partial charge in [-0.2, -0.15) is 0 Å². The summed E-state index contributed by atoms with van der Waals surface area (Å²) in [4.78, 5) is 28.2. The van der Waals surface area contributed by atoms with Gasteiger partial charge in [0.1, 0.15) is 11.0 Å². The van der Waals surface area contributed by atoms with Crippen LogP contribution < -0.4 is 5.32 Å². The van der Waals surface area contributed by atoms with E-state index in [2.05, 4.69) is 10.3 Å². The zero-order chi connectivity index (χ0) is 19.2. The molecule has 0 aliphatic heterocycles. The number of thiazole rings is 1. The van der Waals surface area contributed by atoms with Crippen LogP contribution in [0.1, 0.15) is 11.3 Å². The molecule has 0 radical (unpaired) electrons. The van der Waals surface area contributed by atoms with Gasteiger partial charge in [0.05, 0.1) is 12.1 Å². The van der Waals surface area contributed by atoms with E-state index in [4.69, 9.17) is 11.6 Å². The van der Waals surface area contributed by atoms with Crippen molar-refractivity contribution in [3.05, 3.63) is 76.3 Å². The van der Waals surface area contributed by atoms with Crippen molar-refractivity contribution in [1.82, 2.24) is 10.3 Å². The molecule has 1 atom stereocenters. The van der Waals surface area contributed by atoms with Gasteiger partial charge in [0, 0.05) is 22.4 Å². The van der Waals surface area contributed by atoms with Gasteiger partial charge in [0.2, 0.25) is 5.91 Å². The van der Waals surface area contributed by atoms with Crippen LogP contribution in [0.15, 0.2) is 60.0 Å². The van der Waals surface area contributed by atoms with Crippen molar-refractivity contribution in [1.29, 1.82) is 0 Å². The van der Waals surface area contributed by atoms with Crippen LogP contribution in [-0.4, -0.2) is 28.0 Å². The number of carbonyl (C=O) groups excluding carboxylic acids is 1. The number of hydrogen-bond donors (Lipinski definition) is 2. The third-order valence-corrected chi connectivity index (χ3v) is 5.09. The lowest BCUT2D eigenvalue weighted by Crippen LogP contribution is -2.43. The summed E-state index contributed by atoms with van der Waals surface area (Å²) >= 11 is 7.32. The number of aliphatic carboxylic acids is 1. The predicted molar refractivity (Wildman–Crippen MR) is 106 cm³/mol. The summed E-state index contributed by atoms with van der Waals surface area (Å²) in [5.74, 6) is -1.43. The first-order chi connectivity index (χ1) is 13.0. The van der Waals surface area contributed by atoms with Crippen LogP contribution in [0.3, 0.4) is 0 Å². The van der Waals surface area contributed by atoms with Crippen molar-refractivity contribution < 1.29 is 14.7 Å². The SMILES string of the molecule is O=C(Cc1csc(-c2ccc(Cl)cc2)n1)NC(Cc1ccccc1)C(=O)O. The Hall–Kier alpha value is -2.70. The number of rotatable bonds is 7. The van der Waals surface area contributed by atoms with E-state index in [1.165, 1.54) is 11.3 Å². The molecule has 0 fully saturated rings. The summed E-state index contributed by atoms with van der Waals surface area (Å²) in [6, 6.07) is 15.5. The van der Waals surface area contributed by atoms with Crippen LogP contribution in [0.25, 0.3) is 10.6 Å². The lowest BCUT2D eigenvalue weighted by atomic mass is 10.1. The Bertz CT molecular complexity index is 926. The van der Waals surface area contributed by atoms with E-state index in [0.29, 0.717) is 10.7 Å². The lowest BCUT2D eigenvalue weighted by Gasteiger charge is -2.14. The van der Waals surface area contributed by atoms with Crippen molar-refractivity contribution >= 4 is 34.8 Å². The molecule has 0 saturated carbocycles. The quantitative estimate of drug-likeness (QED) is 0.632. The molecule has 1 aromatic heterocycles. The number of aromatic nitrogens is 1. The maximum Gasteiger partial charge on any atom is 0.326 e. The predicted octanol–water partition coefficient (Wildman–Crippen LogP) is 3.82. The molecular weight excluding hydrogens is 384 g/mol. The fourth-order valence-corrected chi connectivity index (χ4v) is 3.52. The third kappa shape index (κ3) is 5.39. The van der Waals surface area contributed by atoms with Gasteiger partial charge >= 0.3 is 5.97 Å². The van der Waals surface area contributed by atoms with E-state index in [9.17, 15) is 14.7 Å². The maximum atomic E-state index is 12.3. The molecule has 0 aliphatic rings. The number of amides is 1. The van der Waals surface area contributed by atoms with Gasteiger partial charge in [-0.3, -0.25) is 4.79 Å². The minimum absolute atomic E-state index is 0.0304. The first-order valence-corrected chi connectivity index (χ1v) is 9.53. The van der Waals surface area contributed by atoms with E-state index < -0.39 is 12.0 Å². The molecular formula is C20H17ClN2O3S. The summed E-state index contributed by atoms with van der Waals surface area (Å²) in [6.45, 7) is 0. The first kappa shape index (κ1) is 19.1. The van der Waals surface area contributed by atoms with Crippen LogP contribution in [-0.2, 0) is 22.4 Å². The molecule has 1 amide bonds. The van der Waals surface area contributed by atoms with Crippen LogP contribution in [0.4, 0.5) is 0 Å². The van der Waals surface area contributed by atoms with Gasteiger partial charge in [-0.25, -0.2) is 9.78 Å². The van der Waals surface area contributed by atoms with Crippen molar-refractivity contribution in [2.75, 3.05) is 0 Å². The standard InChI is InChI=1S/C20H17ClN2O3S/c21-15-8-6-14(7-9-15)19-22-16(12-27-19)11-18(24)23-17(20(25)26)10-13-4-2-1-3-5-13/h1-9,12,17H,10-11H2,(H,23,24)(H,25,26). The Kier molecular flexibility index (Phi) is 6.21. The minimum atomic E-state index is -1.06. The van der Waals surface area contributed by atoms with Gasteiger partial charge in [0.15, 0.2) is 0 Å². The average Bonchev–Trinajstić information content (AvgIpc) is 3.11. The van der Waals surface area contributed by atoms with E-state index in [1.807, 2.05) is 42.5 Å². The zero-order valence-electron chi connectivity index (χ0n) is 14.3. The highest BCUT2D eigenvalue weighted by Crippen LogP contribution is 2.25. The fraction of sp³-hybridized carbons (Fsp3) is 0.150. The maximum absolute atomic E-state index is 12.3. The minimum Gasteiger partial charge on any atom is -0.480 e. The highest BCUT2D eigenvalue weighted by Gasteiger charge is 2.21. The van der Waals surface area contributed by atoms with E-state index in [-0.39, 0.29) is 18.7 Å². The molecule has 5 nitrogen and oxygen atoms in total. The molecule has 2 aromatic carbocycles. The third-order valence-electron chi connectivity index (χ3n) is 3.90. The number of hydrogen-bond acceptors (Lipinski definition) is 4. The molecule has 2 N–H and O–H groups in total. The van der Waals surface area contributed by atoms with Crippen molar-refractivity contribution in [2.24, 2.45) is 0 Å². The zero-order valence-corrected chi connectivity index (χ0v) is 15.8. The van der Waals surface area contributed by atoms with E-state index in [1.54, 1.807) is 17.5 Å². The van der Waals surface area contributed by atoms with Gasteiger partial charge in [-0.1, -0.05) is 54.1 Å². The first-order valence-electron chi connectivity index (χ1n) is 8.27. The number of carboxylic acid groups (broad SMARTS) is 1. The smallest absolute Gasteiger partial charge is 0.326 e. The largest absolute Gasteiger partial charge is 0.480 e. The molecule has 0 spiro atoms. The summed E-state index contributed by atoms with van der Waals surface area (Å²) in [7, 11) is 0. The number of benzene rings is 2. The van der Waals surface area contributed by atoms with Crippen LogP contribution in [0.5, 0.6) is 0 Å². The number of carbonyl (C=O) groups is 2. The van der Waals surface area contributed by atoms with Crippen molar-refractivity contribution in [2.45, 2.75) is 18.9 Å². The molecule has 0 bridgehead atoms. The molecule has 1 unspecified atom stereocenters. The lowest BCUT2D eigenvalue weighted by molar-refractivity contribution is -0.141. The van der Waals surface area contributed by atoms with Gasteiger partial charge in [-0.05, 0) is 17.7 Å². The second-order valence-electron chi connectivity index (χ2n) is 5.98. The van der Waals surface area contributed by atoms with Gasteiger partial charge in [-0.15, -0.1) is 11.3 Å². The van der Waals surface area contributed by atoms with Gasteiger partial charge < -0.3 is 10.4 Å². The van der Waals surface area contributed by atoms with Crippen LogP contribution >= 0.6 is 22.9 Å². The molecule has 3 aromatic rings. The average molecular weight is 401 g/mol. The fourth-order valence-electron chi connectivity index (χ4n) is 2.57. The number of nitrogens with one attached hydrogen (secondary N) is 1. The molecule has 138 valence electrons. The summed E-state index contributed by atoms with van der Waals surface area (Å²) < 4.78 is 0. The van der Waals surface area contributed by atoms with Crippen molar-refractivity contribution in [3.8, 4) is 10.6 Å². The molecule has 7 heteroatoms. The molecule has 0 saturated heterocycles. The van der Waals surface area contributed by atoms with Crippen LogP contribution in [0.2, 0.25) is 5.02 Å². The number of halogens is 1. The Labute approximate surface area is 165 Å². The second kappa shape index (κ2) is 8.79. The summed E-state index contributed by atoms with van der Waals surface area (Å²) in [6.07, 6.45) is 0.262. The normalized spacial score (nSPS) is 11.7. The summed E-state index contributed by atoms with van der Waals surface area (Å²) in [5.41, 5.74) is 2.37. The summed E-state index contributed by atoms with van der Waals surface area (Å²) in [5, 5.41) is 15.2. The van der Waals surface area contributed by atoms with E-state index in [0.717, 1.165) is 16.1 Å². The van der Waals surface area contributed by atoms with Crippen LogP contribution in [0, 0.1) is 0 Å². The molecule has 3 rings (SSSR count). The number of nitrogens with zero attached hydrogens (tertiary/aromatic N) is 1. The molecule has 0 aliphatic carbocycles. The Morgan fingerprint density at radius 2 is 1.81 bits per heavy atom. The molecule has 27 heavy (non-hydrogen) atoms. The Morgan fingerprint density at radius 3 is 2.48 bits per heavy atom. The second-order valence-corrected chi connectivity index (χ2v) is 7.27. The highest BCUT2D eigenvalue weighted by atomic mass is 35.5. The Balaban J connectivity index is 1.62. The monoisotopic (exact) mass is 400 g/mol. The Morgan fingerprint density at radius 1 is 1.11 bits per heavy atom. The topological polar surface area (TPSA) is 79.3 Å². The molecule has 1 heterocycles. The van der Waals surface area contributed by atoms with Crippen molar-refractivity contribution in [3.63, 3.8) is 0 Å².